The van der Waals surface area contributed by atoms with Gasteiger partial charge in [-0.25, -0.2) is 0 Å². The summed E-state index contributed by atoms with van der Waals surface area (Å²) >= 11 is 0. The van der Waals surface area contributed by atoms with Gasteiger partial charge in [-0.2, -0.15) is 0 Å². The monoisotopic (exact) mass is 283 g/mol. The average molecular weight is 283 g/mol. The van der Waals surface area contributed by atoms with Crippen molar-refractivity contribution in [2.75, 3.05) is 36.0 Å². The largest absolute Gasteiger partial charge is 0.368 e. The highest BCUT2D eigenvalue weighted by Gasteiger charge is 2.20. The van der Waals surface area contributed by atoms with E-state index in [0.29, 0.717) is 0 Å². The number of hydrogen-bond donors (Lipinski definition) is 0. The Morgan fingerprint density at radius 3 is 2.10 bits per heavy atom. The van der Waals surface area contributed by atoms with E-state index >= 15 is 0 Å². The van der Waals surface area contributed by atoms with Gasteiger partial charge in [0.15, 0.2) is 5.78 Å². The van der Waals surface area contributed by atoms with E-state index < -0.39 is 0 Å². The maximum atomic E-state index is 11.6. The zero-order valence-electron chi connectivity index (χ0n) is 12.6. The lowest BCUT2D eigenvalue weighted by Gasteiger charge is -2.37. The van der Waals surface area contributed by atoms with Gasteiger partial charge in [-0.05, 0) is 24.3 Å². The minimum atomic E-state index is 0.117. The Labute approximate surface area is 125 Å². The lowest BCUT2D eigenvalue weighted by molar-refractivity contribution is 0.101. The molecule has 2 aromatic rings. The van der Waals surface area contributed by atoms with Gasteiger partial charge in [-0.3, -0.25) is 4.79 Å². The predicted octanol–water partition coefficient (Wildman–Crippen LogP) is 2.55. The van der Waals surface area contributed by atoms with Crippen LogP contribution in [0.25, 0.3) is 0 Å². The van der Waals surface area contributed by atoms with Gasteiger partial charge in [0.05, 0.1) is 5.69 Å². The van der Waals surface area contributed by atoms with Crippen LogP contribution in [0.3, 0.4) is 0 Å². The van der Waals surface area contributed by atoms with Gasteiger partial charge in [0.2, 0.25) is 0 Å². The number of piperazine rings is 1. The SMILES string of the molecule is CC(=O)c1ccc(N2CCN(c3ccccc3)CC2)n1C. The van der Waals surface area contributed by atoms with Gasteiger partial charge in [0.1, 0.15) is 5.82 Å². The molecule has 2 heterocycles. The Bertz CT molecular complexity index is 625. The van der Waals surface area contributed by atoms with E-state index in [1.54, 1.807) is 6.92 Å². The Morgan fingerprint density at radius 2 is 1.52 bits per heavy atom. The van der Waals surface area contributed by atoms with E-state index in [9.17, 15) is 4.79 Å². The van der Waals surface area contributed by atoms with Gasteiger partial charge >= 0.3 is 0 Å². The second-order valence-electron chi connectivity index (χ2n) is 5.50. The molecule has 21 heavy (non-hydrogen) atoms. The van der Waals surface area contributed by atoms with Crippen molar-refractivity contribution >= 4 is 17.3 Å². The quantitative estimate of drug-likeness (QED) is 0.811. The molecular formula is C17H21N3O. The first kappa shape index (κ1) is 13.7. The Balaban J connectivity index is 1.70. The lowest BCUT2D eigenvalue weighted by Crippen LogP contribution is -2.47. The average Bonchev–Trinajstić information content (AvgIpc) is 2.90. The molecule has 0 bridgehead atoms. The molecular weight excluding hydrogens is 262 g/mol. The minimum absolute atomic E-state index is 0.117. The van der Waals surface area contributed by atoms with Crippen LogP contribution in [0.2, 0.25) is 0 Å². The maximum Gasteiger partial charge on any atom is 0.176 e. The van der Waals surface area contributed by atoms with Crippen LogP contribution in [-0.2, 0) is 7.05 Å². The van der Waals surface area contributed by atoms with Crippen LogP contribution in [0.15, 0.2) is 42.5 Å². The molecule has 1 saturated heterocycles. The van der Waals surface area contributed by atoms with Gasteiger partial charge in [-0.15, -0.1) is 0 Å². The third kappa shape index (κ3) is 2.66. The normalized spacial score (nSPS) is 15.3. The molecule has 0 amide bonds. The van der Waals surface area contributed by atoms with Crippen molar-refractivity contribution in [2.45, 2.75) is 6.92 Å². The van der Waals surface area contributed by atoms with Gasteiger partial charge < -0.3 is 14.4 Å². The number of benzene rings is 1. The fraction of sp³-hybridized carbons (Fsp3) is 0.353. The van der Waals surface area contributed by atoms with Crippen LogP contribution in [0, 0.1) is 0 Å². The van der Waals surface area contributed by atoms with Crippen molar-refractivity contribution in [1.29, 1.82) is 0 Å². The predicted molar refractivity (Wildman–Crippen MR) is 86.3 cm³/mol. The highest BCUT2D eigenvalue weighted by molar-refractivity contribution is 5.93. The molecule has 0 aliphatic carbocycles. The highest BCUT2D eigenvalue weighted by Crippen LogP contribution is 2.22. The van der Waals surface area contributed by atoms with Crippen LogP contribution in [0.1, 0.15) is 17.4 Å². The topological polar surface area (TPSA) is 28.5 Å². The molecule has 0 unspecified atom stereocenters. The zero-order valence-corrected chi connectivity index (χ0v) is 12.6. The highest BCUT2D eigenvalue weighted by atomic mass is 16.1. The summed E-state index contributed by atoms with van der Waals surface area (Å²) in [5, 5.41) is 0. The fourth-order valence-corrected chi connectivity index (χ4v) is 3.00. The second kappa shape index (κ2) is 5.64. The summed E-state index contributed by atoms with van der Waals surface area (Å²) in [6.45, 7) is 5.58. The summed E-state index contributed by atoms with van der Waals surface area (Å²) in [4.78, 5) is 16.3. The molecule has 110 valence electrons. The zero-order chi connectivity index (χ0) is 14.8. The molecule has 1 aromatic heterocycles. The second-order valence-corrected chi connectivity index (χ2v) is 5.50. The van der Waals surface area contributed by atoms with Crippen molar-refractivity contribution in [3.63, 3.8) is 0 Å². The molecule has 1 aromatic carbocycles. The van der Waals surface area contributed by atoms with E-state index in [2.05, 4.69) is 40.1 Å². The molecule has 3 rings (SSSR count). The molecule has 4 heteroatoms. The van der Waals surface area contributed by atoms with Gasteiger partial charge in [-0.1, -0.05) is 18.2 Å². The summed E-state index contributed by atoms with van der Waals surface area (Å²) < 4.78 is 2.00. The van der Waals surface area contributed by atoms with Crippen LogP contribution in [0.5, 0.6) is 0 Å². The molecule has 1 fully saturated rings. The fourth-order valence-electron chi connectivity index (χ4n) is 3.00. The number of hydrogen-bond acceptors (Lipinski definition) is 3. The number of carbonyl (C=O) groups excluding carboxylic acids is 1. The van der Waals surface area contributed by atoms with E-state index in [1.807, 2.05) is 23.7 Å². The molecule has 1 aliphatic rings. The number of carbonyl (C=O) groups is 1. The third-order valence-electron chi connectivity index (χ3n) is 4.18. The molecule has 0 saturated carbocycles. The molecule has 4 nitrogen and oxygen atoms in total. The van der Waals surface area contributed by atoms with E-state index in [0.717, 1.165) is 37.7 Å². The summed E-state index contributed by atoms with van der Waals surface area (Å²) in [6, 6.07) is 14.5. The molecule has 0 atom stereocenters. The van der Waals surface area contributed by atoms with Crippen LogP contribution in [-0.4, -0.2) is 36.5 Å². The third-order valence-corrected chi connectivity index (χ3v) is 4.18. The first-order valence-electron chi connectivity index (χ1n) is 7.38. The molecule has 0 N–H and O–H groups in total. The lowest BCUT2D eigenvalue weighted by atomic mass is 10.2. The number of ketones is 1. The summed E-state index contributed by atoms with van der Waals surface area (Å²) in [5.41, 5.74) is 2.06. The number of aromatic nitrogens is 1. The Morgan fingerprint density at radius 1 is 0.905 bits per heavy atom. The van der Waals surface area contributed by atoms with Crippen LogP contribution in [0.4, 0.5) is 11.5 Å². The first-order chi connectivity index (χ1) is 10.2. The van der Waals surface area contributed by atoms with Crippen molar-refractivity contribution in [2.24, 2.45) is 7.05 Å². The standard InChI is InChI=1S/C17H21N3O/c1-14(21)16-8-9-17(18(16)2)20-12-10-19(11-13-20)15-6-4-3-5-7-15/h3-9H,10-13H2,1-2H3. The number of para-hydroxylation sites is 1. The number of nitrogens with zero attached hydrogens (tertiary/aromatic N) is 3. The van der Waals surface area contributed by atoms with Gasteiger partial charge in [0, 0.05) is 45.8 Å². The molecule has 0 radical (unpaired) electrons. The Hall–Kier alpha value is -2.23. The summed E-state index contributed by atoms with van der Waals surface area (Å²) in [7, 11) is 1.97. The first-order valence-corrected chi connectivity index (χ1v) is 7.38. The number of rotatable bonds is 3. The van der Waals surface area contributed by atoms with Crippen molar-refractivity contribution in [1.82, 2.24) is 4.57 Å². The van der Waals surface area contributed by atoms with Gasteiger partial charge in [0.25, 0.3) is 0 Å². The van der Waals surface area contributed by atoms with Crippen molar-refractivity contribution < 1.29 is 4.79 Å². The maximum absolute atomic E-state index is 11.6. The van der Waals surface area contributed by atoms with Crippen molar-refractivity contribution in [3.8, 4) is 0 Å². The number of anilines is 2. The molecule has 0 spiro atoms. The van der Waals surface area contributed by atoms with E-state index in [1.165, 1.54) is 5.69 Å². The van der Waals surface area contributed by atoms with Crippen LogP contribution >= 0.6 is 0 Å². The minimum Gasteiger partial charge on any atom is -0.368 e. The number of Topliss-reactive ketones (excluding diaryl/α,β-unsaturated/α-hetero) is 1. The van der Waals surface area contributed by atoms with Crippen LogP contribution < -0.4 is 9.80 Å². The summed E-state index contributed by atoms with van der Waals surface area (Å²) in [6.07, 6.45) is 0. The smallest absolute Gasteiger partial charge is 0.176 e. The van der Waals surface area contributed by atoms with Crippen molar-refractivity contribution in [3.05, 3.63) is 48.2 Å². The van der Waals surface area contributed by atoms with E-state index in [4.69, 9.17) is 0 Å². The summed E-state index contributed by atoms with van der Waals surface area (Å²) in [5.74, 6) is 1.25. The van der Waals surface area contributed by atoms with E-state index in [-0.39, 0.29) is 5.78 Å². The Kier molecular flexibility index (Phi) is 3.69. The molecule has 1 aliphatic heterocycles.